The fourth-order valence-corrected chi connectivity index (χ4v) is 3.69. The maximum absolute atomic E-state index is 12.6. The summed E-state index contributed by atoms with van der Waals surface area (Å²) < 4.78 is 11.8. The minimum absolute atomic E-state index is 0.224. The Morgan fingerprint density at radius 2 is 1.40 bits per heavy atom. The molecule has 0 radical (unpaired) electrons. The van der Waals surface area contributed by atoms with Gasteiger partial charge >= 0.3 is 5.97 Å². The molecule has 0 amide bonds. The summed E-state index contributed by atoms with van der Waals surface area (Å²) in [5, 5.41) is 20.6. The van der Waals surface area contributed by atoms with Gasteiger partial charge in [-0.3, -0.25) is 0 Å². The van der Waals surface area contributed by atoms with Crippen molar-refractivity contribution >= 4 is 5.97 Å². The monoisotopic (exact) mass is 332 g/mol. The van der Waals surface area contributed by atoms with E-state index in [1.807, 2.05) is 24.3 Å². The Kier molecular flexibility index (Phi) is 2.53. The number of carbonyl (C=O) groups is 1. The zero-order chi connectivity index (χ0) is 17.2. The predicted molar refractivity (Wildman–Crippen MR) is 88.0 cm³/mol. The first kappa shape index (κ1) is 13.9. The maximum Gasteiger partial charge on any atom is 0.340 e. The minimum Gasteiger partial charge on any atom is -0.504 e. The van der Waals surface area contributed by atoms with Crippen LogP contribution in [0.4, 0.5) is 0 Å². The van der Waals surface area contributed by atoms with Gasteiger partial charge in [-0.25, -0.2) is 4.79 Å². The minimum atomic E-state index is -1.36. The van der Waals surface area contributed by atoms with Crippen LogP contribution in [0.1, 0.15) is 27.0 Å². The molecule has 3 aromatic rings. The summed E-state index contributed by atoms with van der Waals surface area (Å²) in [6.45, 7) is 0. The Hall–Kier alpha value is -3.47. The van der Waals surface area contributed by atoms with Crippen LogP contribution in [0.5, 0.6) is 23.0 Å². The van der Waals surface area contributed by atoms with E-state index >= 15 is 0 Å². The summed E-state index contributed by atoms with van der Waals surface area (Å²) in [6.07, 6.45) is 0. The number of phenolic OH excluding ortho intramolecular Hbond substituents is 2. The molecule has 0 saturated heterocycles. The fraction of sp³-hybridized carbons (Fsp3) is 0.0500. The van der Waals surface area contributed by atoms with Gasteiger partial charge in [-0.2, -0.15) is 0 Å². The summed E-state index contributed by atoms with van der Waals surface area (Å²) >= 11 is 0. The topological polar surface area (TPSA) is 76.0 Å². The molecule has 5 rings (SSSR count). The third-order valence-corrected chi connectivity index (χ3v) is 4.73. The summed E-state index contributed by atoms with van der Waals surface area (Å²) in [5.74, 6) is -0.168. The van der Waals surface area contributed by atoms with E-state index in [1.54, 1.807) is 24.3 Å². The van der Waals surface area contributed by atoms with Crippen molar-refractivity contribution in [3.63, 3.8) is 0 Å². The SMILES string of the molecule is O=C1OC2(c3ccccc3Oc3ccccc32)c2c1ccc(O)c2O. The van der Waals surface area contributed by atoms with Crippen LogP contribution in [-0.2, 0) is 10.3 Å². The van der Waals surface area contributed by atoms with Gasteiger partial charge in [0.15, 0.2) is 17.1 Å². The molecule has 0 saturated carbocycles. The van der Waals surface area contributed by atoms with Gasteiger partial charge in [0.05, 0.1) is 11.1 Å². The number of esters is 1. The van der Waals surface area contributed by atoms with Crippen LogP contribution in [0.3, 0.4) is 0 Å². The van der Waals surface area contributed by atoms with Gasteiger partial charge in [-0.05, 0) is 24.3 Å². The summed E-state index contributed by atoms with van der Waals surface area (Å²) in [5.41, 5.74) is 0.298. The van der Waals surface area contributed by atoms with Gasteiger partial charge in [0.25, 0.3) is 0 Å². The Morgan fingerprint density at radius 1 is 0.800 bits per heavy atom. The van der Waals surface area contributed by atoms with Gasteiger partial charge in [-0.1, -0.05) is 36.4 Å². The first-order valence-corrected chi connectivity index (χ1v) is 7.78. The molecule has 0 aliphatic carbocycles. The van der Waals surface area contributed by atoms with Gasteiger partial charge in [0, 0.05) is 11.1 Å². The lowest BCUT2D eigenvalue weighted by atomic mass is 9.77. The van der Waals surface area contributed by atoms with Gasteiger partial charge in [0.2, 0.25) is 0 Å². The van der Waals surface area contributed by atoms with E-state index in [0.29, 0.717) is 22.6 Å². The standard InChI is InChI=1S/C20H12O5/c21-14-10-9-11-17(18(14)22)20(25-19(11)23)12-5-1-3-7-15(12)24-16-8-4-2-6-13(16)20/h1-10,21-22H. The van der Waals surface area contributed by atoms with E-state index < -0.39 is 11.6 Å². The van der Waals surface area contributed by atoms with Crippen LogP contribution in [0.25, 0.3) is 0 Å². The molecule has 5 nitrogen and oxygen atoms in total. The largest absolute Gasteiger partial charge is 0.504 e. The molecule has 2 aliphatic heterocycles. The van der Waals surface area contributed by atoms with Crippen LogP contribution in [-0.4, -0.2) is 16.2 Å². The molecule has 0 fully saturated rings. The third kappa shape index (κ3) is 1.59. The van der Waals surface area contributed by atoms with E-state index in [-0.39, 0.29) is 22.6 Å². The number of fused-ring (bicyclic) bond motifs is 6. The summed E-state index contributed by atoms with van der Waals surface area (Å²) in [4.78, 5) is 12.6. The van der Waals surface area contributed by atoms with E-state index in [4.69, 9.17) is 9.47 Å². The molecule has 25 heavy (non-hydrogen) atoms. The lowest BCUT2D eigenvalue weighted by molar-refractivity contribution is 0.0220. The fourth-order valence-electron chi connectivity index (χ4n) is 3.69. The quantitative estimate of drug-likeness (QED) is 0.485. The van der Waals surface area contributed by atoms with E-state index in [2.05, 4.69) is 0 Å². The highest BCUT2D eigenvalue weighted by molar-refractivity contribution is 5.98. The van der Waals surface area contributed by atoms with Crippen molar-refractivity contribution in [3.8, 4) is 23.0 Å². The lowest BCUT2D eigenvalue weighted by Gasteiger charge is -2.36. The zero-order valence-corrected chi connectivity index (χ0v) is 12.9. The first-order valence-electron chi connectivity index (χ1n) is 7.78. The number of hydrogen-bond donors (Lipinski definition) is 2. The van der Waals surface area contributed by atoms with Gasteiger partial charge in [-0.15, -0.1) is 0 Å². The molecular formula is C20H12O5. The van der Waals surface area contributed by atoms with Crippen molar-refractivity contribution in [3.05, 3.63) is 82.9 Å². The van der Waals surface area contributed by atoms with Crippen LogP contribution < -0.4 is 4.74 Å². The number of carbonyl (C=O) groups excluding carboxylic acids is 1. The number of aromatic hydroxyl groups is 2. The van der Waals surface area contributed by atoms with Gasteiger partial charge in [0.1, 0.15) is 11.5 Å². The molecule has 0 atom stereocenters. The van der Waals surface area contributed by atoms with Crippen LogP contribution in [0.2, 0.25) is 0 Å². The van der Waals surface area contributed by atoms with E-state index in [0.717, 1.165) is 0 Å². The highest BCUT2D eigenvalue weighted by Gasteiger charge is 2.55. The molecule has 1 spiro atoms. The van der Waals surface area contributed by atoms with Crippen molar-refractivity contribution in [2.24, 2.45) is 0 Å². The molecule has 122 valence electrons. The number of phenols is 2. The van der Waals surface area contributed by atoms with Crippen molar-refractivity contribution in [1.29, 1.82) is 0 Å². The molecular weight excluding hydrogens is 320 g/mol. The number of ether oxygens (including phenoxy) is 2. The molecule has 5 heteroatoms. The second-order valence-electron chi connectivity index (χ2n) is 6.02. The third-order valence-electron chi connectivity index (χ3n) is 4.73. The Morgan fingerprint density at radius 3 is 2.04 bits per heavy atom. The normalized spacial score (nSPS) is 15.8. The molecule has 0 bridgehead atoms. The van der Waals surface area contributed by atoms with Crippen LogP contribution in [0, 0.1) is 0 Å². The van der Waals surface area contributed by atoms with E-state index in [1.165, 1.54) is 12.1 Å². The molecule has 0 aromatic heterocycles. The molecule has 2 aliphatic rings. The second kappa shape index (κ2) is 4.54. The van der Waals surface area contributed by atoms with Crippen LogP contribution in [0.15, 0.2) is 60.7 Å². The Labute approximate surface area is 142 Å². The van der Waals surface area contributed by atoms with Crippen molar-refractivity contribution in [2.75, 3.05) is 0 Å². The maximum atomic E-state index is 12.6. The number of rotatable bonds is 0. The number of benzene rings is 3. The van der Waals surface area contributed by atoms with Crippen molar-refractivity contribution < 1.29 is 24.5 Å². The Balaban J connectivity index is 1.97. The zero-order valence-electron chi connectivity index (χ0n) is 12.9. The number of para-hydroxylation sites is 2. The van der Waals surface area contributed by atoms with Crippen molar-refractivity contribution in [1.82, 2.24) is 0 Å². The number of hydrogen-bond acceptors (Lipinski definition) is 5. The highest BCUT2D eigenvalue weighted by atomic mass is 16.6. The van der Waals surface area contributed by atoms with E-state index in [9.17, 15) is 15.0 Å². The van der Waals surface area contributed by atoms with Crippen LogP contribution >= 0.6 is 0 Å². The molecule has 2 N–H and O–H groups in total. The lowest BCUT2D eigenvalue weighted by Crippen LogP contribution is -2.33. The smallest absolute Gasteiger partial charge is 0.340 e. The molecule has 3 aromatic carbocycles. The molecule has 2 heterocycles. The average molecular weight is 332 g/mol. The second-order valence-corrected chi connectivity index (χ2v) is 6.02. The van der Waals surface area contributed by atoms with Crippen molar-refractivity contribution in [2.45, 2.75) is 5.60 Å². The average Bonchev–Trinajstić information content (AvgIpc) is 2.92. The summed E-state index contributed by atoms with van der Waals surface area (Å²) in [6, 6.07) is 17.1. The summed E-state index contributed by atoms with van der Waals surface area (Å²) in [7, 11) is 0. The highest BCUT2D eigenvalue weighted by Crippen LogP contribution is 2.58. The Bertz CT molecular complexity index is 1010. The van der Waals surface area contributed by atoms with Gasteiger partial charge < -0.3 is 19.7 Å². The molecule has 0 unspecified atom stereocenters. The first-order chi connectivity index (χ1) is 12.1. The predicted octanol–water partition coefficient (Wildman–Crippen LogP) is 3.67.